The van der Waals surface area contributed by atoms with Gasteiger partial charge in [-0.1, -0.05) is 6.07 Å². The second kappa shape index (κ2) is 8.47. The molecule has 29 heavy (non-hydrogen) atoms. The molecule has 2 aliphatic rings. The smallest absolute Gasteiger partial charge is 0.159 e. The van der Waals surface area contributed by atoms with E-state index < -0.39 is 23.3 Å². The van der Waals surface area contributed by atoms with E-state index in [9.17, 15) is 17.6 Å². The van der Waals surface area contributed by atoms with Crippen molar-refractivity contribution in [2.24, 2.45) is 11.8 Å². The molecule has 156 valence electrons. The monoisotopic (exact) mass is 406 g/mol. The summed E-state index contributed by atoms with van der Waals surface area (Å²) >= 11 is 0. The van der Waals surface area contributed by atoms with Crippen molar-refractivity contribution in [1.29, 1.82) is 0 Å². The first kappa shape index (κ1) is 20.4. The van der Waals surface area contributed by atoms with Crippen LogP contribution in [0.15, 0.2) is 30.3 Å². The summed E-state index contributed by atoms with van der Waals surface area (Å²) in [6.45, 7) is 2.77. The van der Waals surface area contributed by atoms with Crippen molar-refractivity contribution in [2.75, 3.05) is 6.61 Å². The van der Waals surface area contributed by atoms with Crippen LogP contribution in [0.3, 0.4) is 0 Å². The fourth-order valence-corrected chi connectivity index (χ4v) is 5.29. The lowest BCUT2D eigenvalue weighted by Gasteiger charge is -2.42. The van der Waals surface area contributed by atoms with E-state index in [0.29, 0.717) is 23.5 Å². The zero-order chi connectivity index (χ0) is 20.5. The molecule has 2 fully saturated rings. The highest BCUT2D eigenvalue weighted by molar-refractivity contribution is 5.65. The van der Waals surface area contributed by atoms with Gasteiger partial charge in [-0.3, -0.25) is 0 Å². The number of hydrogen-bond donors (Lipinski definition) is 0. The Labute approximate surface area is 169 Å². The lowest BCUT2D eigenvalue weighted by Crippen LogP contribution is -2.33. The van der Waals surface area contributed by atoms with Gasteiger partial charge < -0.3 is 4.74 Å². The minimum atomic E-state index is -1.12. The maximum atomic E-state index is 14.8. The van der Waals surface area contributed by atoms with Gasteiger partial charge in [-0.25, -0.2) is 17.6 Å². The number of hydrogen-bond acceptors (Lipinski definition) is 1. The molecule has 5 heteroatoms. The molecule has 2 aromatic rings. The van der Waals surface area contributed by atoms with Crippen LogP contribution in [0.1, 0.15) is 56.9 Å². The van der Waals surface area contributed by atoms with Crippen molar-refractivity contribution < 1.29 is 22.3 Å². The van der Waals surface area contributed by atoms with Crippen LogP contribution in [0, 0.1) is 35.1 Å². The molecule has 0 bridgehead atoms. The zero-order valence-corrected chi connectivity index (χ0v) is 16.6. The third kappa shape index (κ3) is 4.20. The average Bonchev–Trinajstić information content (AvgIpc) is 2.70. The molecule has 4 atom stereocenters. The second-order valence-corrected chi connectivity index (χ2v) is 8.41. The predicted molar refractivity (Wildman–Crippen MR) is 105 cm³/mol. The standard InChI is InChI=1S/C24H26F4O/c1-2-29-19-7-5-14-9-15(3-4-16(14)10-19)18-12-22(27)24(23(28)13-18)17-6-8-20(25)21(26)11-17/h6,8,11-16,19H,2-5,7,9-10H2,1H3/t14-,15?,16?,19-/m1/s1. The van der Waals surface area contributed by atoms with E-state index in [1.165, 1.54) is 18.2 Å². The minimum absolute atomic E-state index is 0.00315. The summed E-state index contributed by atoms with van der Waals surface area (Å²) in [4.78, 5) is 0. The highest BCUT2D eigenvalue weighted by atomic mass is 19.2. The van der Waals surface area contributed by atoms with Gasteiger partial charge in [0.15, 0.2) is 11.6 Å². The van der Waals surface area contributed by atoms with E-state index in [2.05, 4.69) is 0 Å². The van der Waals surface area contributed by atoms with E-state index >= 15 is 0 Å². The number of rotatable bonds is 4. The van der Waals surface area contributed by atoms with Crippen LogP contribution in [0.2, 0.25) is 0 Å². The van der Waals surface area contributed by atoms with E-state index in [1.54, 1.807) is 0 Å². The highest BCUT2D eigenvalue weighted by Gasteiger charge is 2.36. The summed E-state index contributed by atoms with van der Waals surface area (Å²) < 4.78 is 62.0. The van der Waals surface area contributed by atoms with Crippen LogP contribution in [0.4, 0.5) is 17.6 Å². The Hall–Kier alpha value is -1.88. The van der Waals surface area contributed by atoms with E-state index in [1.807, 2.05) is 6.92 Å². The maximum absolute atomic E-state index is 14.8. The molecule has 0 heterocycles. The van der Waals surface area contributed by atoms with Crippen LogP contribution in [0.25, 0.3) is 11.1 Å². The Morgan fingerprint density at radius 3 is 2.17 bits per heavy atom. The third-order valence-corrected chi connectivity index (χ3v) is 6.71. The molecule has 0 spiro atoms. The zero-order valence-electron chi connectivity index (χ0n) is 16.6. The van der Waals surface area contributed by atoms with Crippen molar-refractivity contribution in [2.45, 2.75) is 57.5 Å². The predicted octanol–water partition coefficient (Wildman–Crippen LogP) is 7.00. The van der Waals surface area contributed by atoms with Crippen molar-refractivity contribution >= 4 is 0 Å². The van der Waals surface area contributed by atoms with Crippen LogP contribution in [0.5, 0.6) is 0 Å². The topological polar surface area (TPSA) is 9.23 Å². The molecule has 2 aromatic carbocycles. The Morgan fingerprint density at radius 1 is 0.793 bits per heavy atom. The molecular weight excluding hydrogens is 380 g/mol. The molecule has 0 saturated heterocycles. The molecule has 0 N–H and O–H groups in total. The summed E-state index contributed by atoms with van der Waals surface area (Å²) in [5.41, 5.74) is 0.360. The van der Waals surface area contributed by atoms with Gasteiger partial charge in [0.1, 0.15) is 11.6 Å². The number of benzene rings is 2. The summed E-state index contributed by atoms with van der Waals surface area (Å²) in [6.07, 6.45) is 6.48. The van der Waals surface area contributed by atoms with E-state index in [0.717, 1.165) is 57.3 Å². The Bertz CT molecular complexity index is 858. The summed E-state index contributed by atoms with van der Waals surface area (Å²) in [7, 11) is 0. The van der Waals surface area contributed by atoms with Gasteiger partial charge in [0.2, 0.25) is 0 Å². The first-order valence-corrected chi connectivity index (χ1v) is 10.5. The quantitative estimate of drug-likeness (QED) is 0.497. The Kier molecular flexibility index (Phi) is 5.95. The highest BCUT2D eigenvalue weighted by Crippen LogP contribution is 2.47. The molecule has 4 rings (SSSR count). The number of ether oxygens (including phenoxy) is 1. The fraction of sp³-hybridized carbons (Fsp3) is 0.500. The minimum Gasteiger partial charge on any atom is -0.378 e. The van der Waals surface area contributed by atoms with Gasteiger partial charge in [-0.15, -0.1) is 0 Å². The molecule has 1 nitrogen and oxygen atoms in total. The average molecular weight is 406 g/mol. The molecule has 0 amide bonds. The van der Waals surface area contributed by atoms with Gasteiger partial charge in [0.05, 0.1) is 11.7 Å². The summed E-state index contributed by atoms with van der Waals surface area (Å²) in [5, 5.41) is 0. The molecule has 2 saturated carbocycles. The van der Waals surface area contributed by atoms with Crippen LogP contribution < -0.4 is 0 Å². The first-order valence-electron chi connectivity index (χ1n) is 10.5. The molecular formula is C24H26F4O. The van der Waals surface area contributed by atoms with E-state index in [4.69, 9.17) is 4.74 Å². The fourth-order valence-electron chi connectivity index (χ4n) is 5.29. The normalized spacial score (nSPS) is 26.9. The van der Waals surface area contributed by atoms with Gasteiger partial charge >= 0.3 is 0 Å². The van der Waals surface area contributed by atoms with Crippen molar-refractivity contribution in [3.8, 4) is 11.1 Å². The van der Waals surface area contributed by atoms with Gasteiger partial charge in [-0.2, -0.15) is 0 Å². The number of halogens is 4. The molecule has 0 aromatic heterocycles. The molecule has 0 radical (unpaired) electrons. The van der Waals surface area contributed by atoms with Gasteiger partial charge in [0.25, 0.3) is 0 Å². The van der Waals surface area contributed by atoms with Crippen molar-refractivity contribution in [3.05, 3.63) is 59.2 Å². The van der Waals surface area contributed by atoms with Gasteiger partial charge in [-0.05, 0) is 98.6 Å². The largest absolute Gasteiger partial charge is 0.378 e. The van der Waals surface area contributed by atoms with Crippen molar-refractivity contribution in [1.82, 2.24) is 0 Å². The lowest BCUT2D eigenvalue weighted by atomic mass is 9.65. The molecule has 2 unspecified atom stereocenters. The van der Waals surface area contributed by atoms with E-state index in [-0.39, 0.29) is 17.0 Å². The Morgan fingerprint density at radius 2 is 1.48 bits per heavy atom. The third-order valence-electron chi connectivity index (χ3n) is 6.71. The summed E-state index contributed by atoms with van der Waals surface area (Å²) in [6, 6.07) is 5.66. The molecule has 2 aliphatic carbocycles. The van der Waals surface area contributed by atoms with Crippen LogP contribution in [-0.2, 0) is 4.74 Å². The van der Waals surface area contributed by atoms with Crippen molar-refractivity contribution in [3.63, 3.8) is 0 Å². The Balaban J connectivity index is 1.52. The SMILES string of the molecule is CCO[C@@H]1CC[C@@H]2CC(c3cc(F)c(-c4ccc(F)c(F)c4)c(F)c3)CCC2C1. The van der Waals surface area contributed by atoms with Crippen LogP contribution >= 0.6 is 0 Å². The second-order valence-electron chi connectivity index (χ2n) is 8.41. The van der Waals surface area contributed by atoms with Gasteiger partial charge in [0, 0.05) is 6.61 Å². The maximum Gasteiger partial charge on any atom is 0.159 e. The first-order chi connectivity index (χ1) is 14.0. The molecule has 0 aliphatic heterocycles. The van der Waals surface area contributed by atoms with Crippen LogP contribution in [-0.4, -0.2) is 12.7 Å². The lowest BCUT2D eigenvalue weighted by molar-refractivity contribution is -0.00957. The summed E-state index contributed by atoms with van der Waals surface area (Å²) in [5.74, 6) is -2.28. The number of fused-ring (bicyclic) bond motifs is 1.